The third kappa shape index (κ3) is 4.02. The number of hydrogen-bond acceptors (Lipinski definition) is 4. The predicted molar refractivity (Wildman–Crippen MR) is 94.7 cm³/mol. The van der Waals surface area contributed by atoms with Gasteiger partial charge in [0.1, 0.15) is 10.9 Å². The van der Waals surface area contributed by atoms with Crippen molar-refractivity contribution in [1.29, 1.82) is 0 Å². The number of carbonyl (C=O) groups excluding carboxylic acids is 1. The molecule has 2 aromatic rings. The zero-order valence-corrected chi connectivity index (χ0v) is 14.9. The first kappa shape index (κ1) is 16.2. The van der Waals surface area contributed by atoms with Crippen LogP contribution in [0.4, 0.5) is 0 Å². The number of thioether (sulfide) groups is 1. The lowest BCUT2D eigenvalue weighted by molar-refractivity contribution is -0.121. The molecule has 5 heteroatoms. The van der Waals surface area contributed by atoms with Crippen LogP contribution in [-0.2, 0) is 4.79 Å². The Balaban J connectivity index is 1.88. The van der Waals surface area contributed by atoms with E-state index in [9.17, 15) is 4.79 Å². The van der Waals surface area contributed by atoms with Gasteiger partial charge in [0.15, 0.2) is 0 Å². The Labute approximate surface area is 141 Å². The van der Waals surface area contributed by atoms with Gasteiger partial charge < -0.3 is 5.32 Å². The molecular formula is C18H23N3OS. The number of para-hydroxylation sites is 1. The molecule has 1 heterocycles. The number of fused-ring (bicyclic) bond motifs is 1. The van der Waals surface area contributed by atoms with Gasteiger partial charge in [0.05, 0.1) is 10.8 Å². The molecule has 0 saturated heterocycles. The highest BCUT2D eigenvalue weighted by Crippen LogP contribution is 2.40. The van der Waals surface area contributed by atoms with E-state index in [0.29, 0.717) is 5.92 Å². The zero-order chi connectivity index (χ0) is 16.6. The Morgan fingerprint density at radius 3 is 2.61 bits per heavy atom. The maximum atomic E-state index is 12.4. The Morgan fingerprint density at radius 2 is 1.96 bits per heavy atom. The molecule has 0 bridgehead atoms. The van der Waals surface area contributed by atoms with E-state index in [1.807, 2.05) is 52.0 Å². The molecule has 1 atom stereocenters. The van der Waals surface area contributed by atoms with Crippen LogP contribution >= 0.6 is 11.8 Å². The lowest BCUT2D eigenvalue weighted by Crippen LogP contribution is -2.44. The minimum Gasteiger partial charge on any atom is -0.351 e. The number of rotatable bonds is 4. The van der Waals surface area contributed by atoms with Crippen molar-refractivity contribution < 1.29 is 4.79 Å². The molecule has 1 aromatic carbocycles. The molecule has 1 amide bonds. The summed E-state index contributed by atoms with van der Waals surface area (Å²) < 4.78 is 0. The van der Waals surface area contributed by atoms with Crippen molar-refractivity contribution in [2.45, 2.75) is 62.3 Å². The van der Waals surface area contributed by atoms with Gasteiger partial charge in [-0.15, -0.1) is 0 Å². The molecule has 1 saturated carbocycles. The minimum atomic E-state index is -0.223. The van der Waals surface area contributed by atoms with Gasteiger partial charge in [0.25, 0.3) is 0 Å². The lowest BCUT2D eigenvalue weighted by atomic mass is 10.1. The first-order chi connectivity index (χ1) is 10.8. The smallest absolute Gasteiger partial charge is 0.233 e. The number of carbonyl (C=O) groups is 1. The van der Waals surface area contributed by atoms with Crippen molar-refractivity contribution in [1.82, 2.24) is 15.3 Å². The molecule has 1 aliphatic rings. The fourth-order valence-corrected chi connectivity index (χ4v) is 3.32. The number of hydrogen-bond donors (Lipinski definition) is 1. The summed E-state index contributed by atoms with van der Waals surface area (Å²) in [6.07, 6.45) is 2.34. The second-order valence-corrected chi connectivity index (χ2v) is 8.51. The van der Waals surface area contributed by atoms with Crippen molar-refractivity contribution in [2.75, 3.05) is 0 Å². The van der Waals surface area contributed by atoms with Crippen LogP contribution in [0.3, 0.4) is 0 Å². The van der Waals surface area contributed by atoms with Crippen LogP contribution in [0.2, 0.25) is 0 Å². The normalized spacial score (nSPS) is 16.3. The second kappa shape index (κ2) is 6.11. The Bertz CT molecular complexity index is 735. The van der Waals surface area contributed by atoms with Gasteiger partial charge in [0.2, 0.25) is 5.91 Å². The molecule has 1 aromatic heterocycles. The van der Waals surface area contributed by atoms with Crippen LogP contribution < -0.4 is 5.32 Å². The van der Waals surface area contributed by atoms with Crippen molar-refractivity contribution in [3.05, 3.63) is 30.1 Å². The van der Waals surface area contributed by atoms with Gasteiger partial charge in [-0.05, 0) is 46.6 Å². The Hall–Kier alpha value is -1.62. The molecule has 122 valence electrons. The maximum Gasteiger partial charge on any atom is 0.233 e. The first-order valence-electron chi connectivity index (χ1n) is 8.09. The summed E-state index contributed by atoms with van der Waals surface area (Å²) >= 11 is 1.52. The van der Waals surface area contributed by atoms with Crippen molar-refractivity contribution in [3.63, 3.8) is 0 Å². The van der Waals surface area contributed by atoms with E-state index in [2.05, 4.69) is 10.3 Å². The van der Waals surface area contributed by atoms with Gasteiger partial charge in [-0.3, -0.25) is 4.79 Å². The quantitative estimate of drug-likeness (QED) is 0.683. The Morgan fingerprint density at radius 1 is 1.26 bits per heavy atom. The number of benzene rings is 1. The van der Waals surface area contributed by atoms with Crippen molar-refractivity contribution in [3.8, 4) is 0 Å². The molecular weight excluding hydrogens is 306 g/mol. The van der Waals surface area contributed by atoms with E-state index in [1.54, 1.807) is 0 Å². The fourth-order valence-electron chi connectivity index (χ4n) is 2.37. The van der Waals surface area contributed by atoms with Crippen LogP contribution in [0.1, 0.15) is 52.3 Å². The summed E-state index contributed by atoms with van der Waals surface area (Å²) in [4.78, 5) is 21.8. The molecule has 0 aliphatic heterocycles. The monoisotopic (exact) mass is 329 g/mol. The molecule has 1 fully saturated rings. The van der Waals surface area contributed by atoms with Crippen LogP contribution in [0, 0.1) is 0 Å². The molecule has 23 heavy (non-hydrogen) atoms. The summed E-state index contributed by atoms with van der Waals surface area (Å²) in [6.45, 7) is 7.91. The fraction of sp³-hybridized carbons (Fsp3) is 0.500. The molecule has 0 unspecified atom stereocenters. The lowest BCUT2D eigenvalue weighted by Gasteiger charge is -2.23. The van der Waals surface area contributed by atoms with E-state index in [-0.39, 0.29) is 16.7 Å². The molecule has 4 nitrogen and oxygen atoms in total. The van der Waals surface area contributed by atoms with Crippen LogP contribution in [0.25, 0.3) is 10.9 Å². The van der Waals surface area contributed by atoms with Gasteiger partial charge in [0, 0.05) is 16.8 Å². The van der Waals surface area contributed by atoms with Gasteiger partial charge in [-0.25, -0.2) is 9.97 Å². The summed E-state index contributed by atoms with van der Waals surface area (Å²) in [7, 11) is 0. The molecule has 1 N–H and O–H groups in total. The van der Waals surface area contributed by atoms with E-state index in [0.717, 1.165) is 21.8 Å². The highest BCUT2D eigenvalue weighted by molar-refractivity contribution is 8.00. The number of nitrogens with one attached hydrogen (secondary N) is 1. The third-order valence-electron chi connectivity index (χ3n) is 3.68. The number of nitrogens with zero attached hydrogens (tertiary/aromatic N) is 2. The summed E-state index contributed by atoms with van der Waals surface area (Å²) in [5.41, 5.74) is 0.745. The van der Waals surface area contributed by atoms with Crippen LogP contribution in [-0.4, -0.2) is 26.7 Å². The highest BCUT2D eigenvalue weighted by atomic mass is 32.2. The van der Waals surface area contributed by atoms with E-state index in [4.69, 9.17) is 4.98 Å². The van der Waals surface area contributed by atoms with Crippen molar-refractivity contribution >= 4 is 28.6 Å². The summed E-state index contributed by atoms with van der Waals surface area (Å²) in [5, 5.41) is 4.78. The molecule has 0 spiro atoms. The molecule has 1 aliphatic carbocycles. The van der Waals surface area contributed by atoms with Gasteiger partial charge in [-0.2, -0.15) is 0 Å². The Kier molecular flexibility index (Phi) is 4.32. The standard InChI is InChI=1S/C18H23N3OS/c1-11(16(22)21-18(2,3)4)23-17-13-7-5-6-8-14(13)19-15(20-17)12-9-10-12/h5-8,11-12H,9-10H2,1-4H3,(H,21,22)/t11-/m1/s1. The topological polar surface area (TPSA) is 54.9 Å². The zero-order valence-electron chi connectivity index (χ0n) is 14.1. The van der Waals surface area contributed by atoms with Crippen molar-refractivity contribution in [2.24, 2.45) is 0 Å². The van der Waals surface area contributed by atoms with Gasteiger partial charge >= 0.3 is 0 Å². The van der Waals surface area contributed by atoms with Gasteiger partial charge in [-0.1, -0.05) is 30.0 Å². The number of aromatic nitrogens is 2. The summed E-state index contributed by atoms with van der Waals surface area (Å²) in [6, 6.07) is 8.04. The minimum absolute atomic E-state index is 0.0400. The van der Waals surface area contributed by atoms with E-state index in [1.165, 1.54) is 24.6 Å². The maximum absolute atomic E-state index is 12.4. The third-order valence-corrected chi connectivity index (χ3v) is 4.79. The molecule has 0 radical (unpaired) electrons. The number of amides is 1. The SMILES string of the molecule is C[C@@H](Sc1nc(C2CC2)nc2ccccc12)C(=O)NC(C)(C)C. The summed E-state index contributed by atoms with van der Waals surface area (Å²) in [5.74, 6) is 1.46. The average Bonchev–Trinajstić information content (AvgIpc) is 3.30. The second-order valence-electron chi connectivity index (χ2n) is 7.18. The molecule has 3 rings (SSSR count). The largest absolute Gasteiger partial charge is 0.351 e. The van der Waals surface area contributed by atoms with E-state index >= 15 is 0 Å². The average molecular weight is 329 g/mol. The van der Waals surface area contributed by atoms with Crippen LogP contribution in [0.15, 0.2) is 29.3 Å². The highest BCUT2D eigenvalue weighted by Gasteiger charge is 2.28. The predicted octanol–water partition coefficient (Wildman–Crippen LogP) is 3.90. The van der Waals surface area contributed by atoms with E-state index < -0.39 is 0 Å². The van der Waals surface area contributed by atoms with Crippen LogP contribution in [0.5, 0.6) is 0 Å². The first-order valence-corrected chi connectivity index (χ1v) is 8.97.